The normalized spacial score (nSPS) is 39.1. The van der Waals surface area contributed by atoms with E-state index in [1.807, 2.05) is 0 Å². The number of hydrogen-bond donors (Lipinski definition) is 0. The second-order valence-corrected chi connectivity index (χ2v) is 3.02. The van der Waals surface area contributed by atoms with E-state index in [4.69, 9.17) is 9.47 Å². The molecule has 2 unspecified atom stereocenters. The van der Waals surface area contributed by atoms with Crippen molar-refractivity contribution in [1.82, 2.24) is 0 Å². The van der Waals surface area contributed by atoms with Gasteiger partial charge in [0.25, 0.3) is 0 Å². The Balaban J connectivity index is 2.08. The van der Waals surface area contributed by atoms with E-state index < -0.39 is 0 Å². The highest BCUT2D eigenvalue weighted by molar-refractivity contribution is 5.07. The van der Waals surface area contributed by atoms with Gasteiger partial charge in [0, 0.05) is 0 Å². The molecule has 0 spiro atoms. The van der Waals surface area contributed by atoms with Gasteiger partial charge >= 0.3 is 0 Å². The molecule has 10 heavy (non-hydrogen) atoms. The molecule has 2 aliphatic rings. The van der Waals surface area contributed by atoms with E-state index in [0.717, 1.165) is 12.8 Å². The lowest BCUT2D eigenvalue weighted by atomic mass is 9.96. The first-order chi connectivity index (χ1) is 4.86. The van der Waals surface area contributed by atoms with E-state index >= 15 is 0 Å². The molecule has 1 fully saturated rings. The van der Waals surface area contributed by atoms with Gasteiger partial charge in [0.2, 0.25) is 0 Å². The lowest BCUT2D eigenvalue weighted by molar-refractivity contribution is 0.0401. The molecule has 0 amide bonds. The first kappa shape index (κ1) is 6.38. The molecule has 2 nitrogen and oxygen atoms in total. The summed E-state index contributed by atoms with van der Waals surface area (Å²) in [5.74, 6) is 0. The maximum Gasteiger partial charge on any atom is 0.147 e. The van der Waals surface area contributed by atoms with Gasteiger partial charge < -0.3 is 9.47 Å². The van der Waals surface area contributed by atoms with E-state index in [2.05, 4.69) is 13.0 Å². The van der Waals surface area contributed by atoms with Gasteiger partial charge in [-0.3, -0.25) is 0 Å². The summed E-state index contributed by atoms with van der Waals surface area (Å²) in [6.45, 7) is 2.65. The molecular weight excluding hydrogens is 128 g/mol. The number of rotatable bonds is 0. The van der Waals surface area contributed by atoms with Gasteiger partial charge in [-0.05, 0) is 19.8 Å². The molecule has 0 saturated carbocycles. The largest absolute Gasteiger partial charge is 0.349 e. The van der Waals surface area contributed by atoms with Crippen molar-refractivity contribution in [1.29, 1.82) is 0 Å². The van der Waals surface area contributed by atoms with Gasteiger partial charge in [0.1, 0.15) is 6.79 Å². The summed E-state index contributed by atoms with van der Waals surface area (Å²) in [5, 5.41) is 0. The van der Waals surface area contributed by atoms with Crippen LogP contribution in [0.2, 0.25) is 0 Å². The van der Waals surface area contributed by atoms with E-state index in [1.165, 1.54) is 5.57 Å². The minimum Gasteiger partial charge on any atom is -0.349 e. The zero-order valence-corrected chi connectivity index (χ0v) is 6.17. The predicted molar refractivity (Wildman–Crippen MR) is 37.6 cm³/mol. The Morgan fingerprint density at radius 2 is 2.20 bits per heavy atom. The second kappa shape index (κ2) is 2.36. The van der Waals surface area contributed by atoms with Gasteiger partial charge in [0.05, 0.1) is 12.2 Å². The monoisotopic (exact) mass is 140 g/mol. The summed E-state index contributed by atoms with van der Waals surface area (Å²) in [6.07, 6.45) is 5.05. The van der Waals surface area contributed by atoms with Crippen LogP contribution in [0.5, 0.6) is 0 Å². The Morgan fingerprint density at radius 1 is 1.40 bits per heavy atom. The van der Waals surface area contributed by atoms with Crippen molar-refractivity contribution in [3.05, 3.63) is 11.6 Å². The van der Waals surface area contributed by atoms with E-state index in [1.54, 1.807) is 0 Å². The van der Waals surface area contributed by atoms with Crippen LogP contribution in [0.4, 0.5) is 0 Å². The molecule has 1 saturated heterocycles. The average Bonchev–Trinajstić information content (AvgIpc) is 2.33. The molecule has 1 heterocycles. The van der Waals surface area contributed by atoms with E-state index in [9.17, 15) is 0 Å². The Morgan fingerprint density at radius 3 is 3.10 bits per heavy atom. The summed E-state index contributed by atoms with van der Waals surface area (Å²) in [4.78, 5) is 0. The van der Waals surface area contributed by atoms with Crippen LogP contribution < -0.4 is 0 Å². The van der Waals surface area contributed by atoms with Gasteiger partial charge in [-0.15, -0.1) is 0 Å². The van der Waals surface area contributed by atoms with Crippen molar-refractivity contribution in [2.45, 2.75) is 32.0 Å². The lowest BCUT2D eigenvalue weighted by Crippen LogP contribution is -2.25. The summed E-state index contributed by atoms with van der Waals surface area (Å²) < 4.78 is 10.7. The Kier molecular flexibility index (Phi) is 1.51. The van der Waals surface area contributed by atoms with Crippen molar-refractivity contribution in [2.24, 2.45) is 0 Å². The van der Waals surface area contributed by atoms with Crippen LogP contribution >= 0.6 is 0 Å². The fourth-order valence-corrected chi connectivity index (χ4v) is 1.56. The van der Waals surface area contributed by atoms with Gasteiger partial charge in [0.15, 0.2) is 0 Å². The molecule has 0 aromatic heterocycles. The van der Waals surface area contributed by atoms with Gasteiger partial charge in [-0.25, -0.2) is 0 Å². The number of fused-ring (bicyclic) bond motifs is 1. The predicted octanol–water partition coefficient (Wildman–Crippen LogP) is 1.47. The van der Waals surface area contributed by atoms with Crippen LogP contribution in [0.25, 0.3) is 0 Å². The van der Waals surface area contributed by atoms with Crippen molar-refractivity contribution in [2.75, 3.05) is 6.79 Å². The average molecular weight is 140 g/mol. The van der Waals surface area contributed by atoms with Crippen LogP contribution in [0.15, 0.2) is 11.6 Å². The summed E-state index contributed by atoms with van der Waals surface area (Å²) >= 11 is 0. The fourth-order valence-electron chi connectivity index (χ4n) is 1.56. The molecule has 0 radical (unpaired) electrons. The van der Waals surface area contributed by atoms with Crippen molar-refractivity contribution in [3.8, 4) is 0 Å². The molecule has 1 aliphatic heterocycles. The molecule has 56 valence electrons. The fraction of sp³-hybridized carbons (Fsp3) is 0.750. The van der Waals surface area contributed by atoms with Gasteiger partial charge in [-0.1, -0.05) is 11.6 Å². The second-order valence-electron chi connectivity index (χ2n) is 3.02. The molecule has 2 rings (SSSR count). The minimum absolute atomic E-state index is 0.351. The van der Waals surface area contributed by atoms with Crippen molar-refractivity contribution < 1.29 is 9.47 Å². The Labute approximate surface area is 60.8 Å². The summed E-state index contributed by atoms with van der Waals surface area (Å²) in [6, 6.07) is 0. The summed E-state index contributed by atoms with van der Waals surface area (Å²) in [5.41, 5.74) is 1.44. The van der Waals surface area contributed by atoms with Crippen LogP contribution in [-0.4, -0.2) is 19.0 Å². The van der Waals surface area contributed by atoms with Crippen LogP contribution in [0, 0.1) is 0 Å². The topological polar surface area (TPSA) is 18.5 Å². The third kappa shape index (κ3) is 0.976. The minimum atomic E-state index is 0.351. The molecular formula is C8H12O2. The maximum atomic E-state index is 5.36. The van der Waals surface area contributed by atoms with Crippen molar-refractivity contribution in [3.63, 3.8) is 0 Å². The zero-order chi connectivity index (χ0) is 6.97. The standard InChI is InChI=1S/C8H12O2/c1-6-2-3-7-8(4-6)10-5-9-7/h2,7-8H,3-5H2,1H3. The van der Waals surface area contributed by atoms with Crippen LogP contribution in [0.3, 0.4) is 0 Å². The van der Waals surface area contributed by atoms with Crippen LogP contribution in [-0.2, 0) is 9.47 Å². The molecule has 0 bridgehead atoms. The smallest absolute Gasteiger partial charge is 0.147 e. The highest BCUT2D eigenvalue weighted by Crippen LogP contribution is 2.27. The van der Waals surface area contributed by atoms with E-state index in [0.29, 0.717) is 19.0 Å². The number of hydrogen-bond acceptors (Lipinski definition) is 2. The quantitative estimate of drug-likeness (QED) is 0.474. The molecule has 1 aliphatic carbocycles. The zero-order valence-electron chi connectivity index (χ0n) is 6.17. The highest BCUT2D eigenvalue weighted by Gasteiger charge is 2.30. The Hall–Kier alpha value is -0.340. The molecule has 0 N–H and O–H groups in total. The maximum absolute atomic E-state index is 5.36. The first-order valence-corrected chi connectivity index (χ1v) is 3.75. The first-order valence-electron chi connectivity index (χ1n) is 3.75. The number of ether oxygens (including phenoxy) is 2. The van der Waals surface area contributed by atoms with E-state index in [-0.39, 0.29) is 0 Å². The SMILES string of the molecule is CC1=CCC2OCOC2C1. The molecule has 2 atom stereocenters. The van der Waals surface area contributed by atoms with Crippen molar-refractivity contribution >= 4 is 0 Å². The highest BCUT2D eigenvalue weighted by atomic mass is 16.7. The third-order valence-electron chi connectivity index (χ3n) is 2.20. The lowest BCUT2D eigenvalue weighted by Gasteiger charge is -2.20. The summed E-state index contributed by atoms with van der Waals surface area (Å²) in [7, 11) is 0. The van der Waals surface area contributed by atoms with Crippen LogP contribution in [0.1, 0.15) is 19.8 Å². The third-order valence-corrected chi connectivity index (χ3v) is 2.20. The van der Waals surface area contributed by atoms with Gasteiger partial charge in [-0.2, -0.15) is 0 Å². The molecule has 2 heteroatoms. The molecule has 0 aromatic carbocycles. The molecule has 0 aromatic rings. The Bertz CT molecular complexity index is 163.